The van der Waals surface area contributed by atoms with Gasteiger partial charge in [-0.2, -0.15) is 0 Å². The molecule has 10 nitrogen and oxygen atoms in total. The molecule has 0 bridgehead atoms. The number of aromatic nitrogens is 4. The average Bonchev–Trinajstić information content (AvgIpc) is 3.68. The van der Waals surface area contributed by atoms with Crippen molar-refractivity contribution in [1.82, 2.24) is 28.9 Å². The lowest BCUT2D eigenvalue weighted by atomic mass is 9.79. The molecule has 7 rings (SSSR count). The Kier molecular flexibility index (Phi) is 8.46. The van der Waals surface area contributed by atoms with Crippen molar-refractivity contribution in [3.8, 4) is 10.4 Å². The van der Waals surface area contributed by atoms with Crippen LogP contribution in [0.2, 0.25) is 0 Å². The van der Waals surface area contributed by atoms with Gasteiger partial charge in [-0.3, -0.25) is 23.9 Å². The lowest BCUT2D eigenvalue weighted by Crippen LogP contribution is -2.53. The quantitative estimate of drug-likeness (QED) is 0.283. The summed E-state index contributed by atoms with van der Waals surface area (Å²) in [7, 11) is 1.83. The zero-order valence-corrected chi connectivity index (χ0v) is 27.7. The maximum Gasteiger partial charge on any atom is 0.266 e. The van der Waals surface area contributed by atoms with Gasteiger partial charge in [-0.05, 0) is 49.9 Å². The van der Waals surface area contributed by atoms with Gasteiger partial charge >= 0.3 is 0 Å². The second-order valence-corrected chi connectivity index (χ2v) is 14.1. The summed E-state index contributed by atoms with van der Waals surface area (Å²) in [6, 6.07) is 16.5. The van der Waals surface area contributed by atoms with Gasteiger partial charge in [0.1, 0.15) is 22.7 Å². The van der Waals surface area contributed by atoms with Crippen molar-refractivity contribution in [1.29, 1.82) is 0 Å². The molecule has 2 amide bonds. The number of hydrogen-bond acceptors (Lipinski definition) is 7. The lowest BCUT2D eigenvalue weighted by Gasteiger charge is -2.43. The summed E-state index contributed by atoms with van der Waals surface area (Å²) in [6.45, 7) is 3.29. The van der Waals surface area contributed by atoms with Gasteiger partial charge in [0.15, 0.2) is 0 Å². The van der Waals surface area contributed by atoms with E-state index in [9.17, 15) is 19.5 Å². The number of amides is 2. The Labute approximate surface area is 281 Å². The van der Waals surface area contributed by atoms with Crippen LogP contribution in [0.1, 0.15) is 46.1 Å². The minimum atomic E-state index is -1.16. The molecule has 4 aromatic heterocycles. The van der Waals surface area contributed by atoms with E-state index in [1.165, 1.54) is 17.0 Å². The van der Waals surface area contributed by atoms with Crippen molar-refractivity contribution in [3.63, 3.8) is 0 Å². The van der Waals surface area contributed by atoms with E-state index in [4.69, 9.17) is 0 Å². The summed E-state index contributed by atoms with van der Waals surface area (Å²) in [5.74, 6) is -1.60. The van der Waals surface area contributed by atoms with E-state index in [-0.39, 0.29) is 47.2 Å². The molecule has 2 aliphatic rings. The Morgan fingerprint density at radius 2 is 1.81 bits per heavy atom. The van der Waals surface area contributed by atoms with Gasteiger partial charge in [0.05, 0.1) is 17.5 Å². The number of fused-ring (bicyclic) bond motifs is 1. The molecule has 1 N–H and O–H groups in total. The largest absolute Gasteiger partial charge is 0.388 e. The van der Waals surface area contributed by atoms with Gasteiger partial charge in [-0.1, -0.05) is 36.4 Å². The van der Waals surface area contributed by atoms with Gasteiger partial charge in [0, 0.05) is 73.6 Å². The molecule has 2 atom stereocenters. The zero-order chi connectivity index (χ0) is 33.6. The third-order valence-electron chi connectivity index (χ3n) is 9.84. The highest BCUT2D eigenvalue weighted by molar-refractivity contribution is 7.17. The van der Waals surface area contributed by atoms with Crippen LogP contribution in [0.3, 0.4) is 0 Å². The molecular weight excluding hydrogens is 631 g/mol. The summed E-state index contributed by atoms with van der Waals surface area (Å²) >= 11 is 1.12. The molecule has 0 unspecified atom stereocenters. The smallest absolute Gasteiger partial charge is 0.266 e. The van der Waals surface area contributed by atoms with E-state index in [0.717, 1.165) is 28.2 Å². The van der Waals surface area contributed by atoms with Gasteiger partial charge < -0.3 is 19.5 Å². The van der Waals surface area contributed by atoms with Crippen LogP contribution < -0.4 is 5.56 Å². The van der Waals surface area contributed by atoms with Crippen LogP contribution in [0, 0.1) is 18.7 Å². The van der Waals surface area contributed by atoms with Crippen LogP contribution in [-0.4, -0.2) is 77.6 Å². The number of halogens is 1. The Bertz CT molecular complexity index is 2030. The maximum atomic E-state index is 15.2. The monoisotopic (exact) mass is 668 g/mol. The first kappa shape index (κ1) is 31.9. The number of benzene rings is 1. The molecule has 0 aliphatic carbocycles. The normalized spacial score (nSPS) is 19.5. The van der Waals surface area contributed by atoms with Gasteiger partial charge in [-0.25, -0.2) is 9.37 Å². The number of carbonyl (C=O) groups is 2. The minimum absolute atomic E-state index is 0.0148. The van der Waals surface area contributed by atoms with Crippen molar-refractivity contribution < 1.29 is 19.1 Å². The van der Waals surface area contributed by atoms with Gasteiger partial charge in [-0.15, -0.1) is 11.3 Å². The standard InChI is InChI=1S/C36H37FN6O4S/c1-23-8-9-25(19-38-23)30-18-29(37)31(48-30)35(46)42-15-11-26(28(20-42)24-6-4-3-5-7-24)33(44)41-16-12-36(47,13-17-41)21-43-22-39-32-27(34(43)45)10-14-40(32)2/h3-10,14,18-19,22,26,28,47H,11-13,15-17,20-21H2,1-2H3/t26-,28+/m1/s1. The number of rotatable bonds is 6. The molecule has 48 heavy (non-hydrogen) atoms. The van der Waals surface area contributed by atoms with Crippen LogP contribution >= 0.6 is 11.3 Å². The second kappa shape index (κ2) is 12.7. The molecule has 0 radical (unpaired) electrons. The summed E-state index contributed by atoms with van der Waals surface area (Å²) < 4.78 is 18.4. The van der Waals surface area contributed by atoms with Crippen LogP contribution in [0.5, 0.6) is 0 Å². The fraction of sp³-hybridized carbons (Fsp3) is 0.361. The SMILES string of the molecule is Cc1ccc(-c2cc(F)c(C(=O)N3CC[C@@H](C(=O)N4CCC(O)(Cn5cnc6c(ccn6C)c5=O)CC4)[C@H](c4ccccc4)C3)s2)cn1. The third-order valence-corrected chi connectivity index (χ3v) is 11.0. The molecule has 2 fully saturated rings. The molecule has 5 aromatic rings. The van der Waals surface area contributed by atoms with Crippen molar-refractivity contribution in [2.75, 3.05) is 26.2 Å². The molecule has 0 saturated carbocycles. The van der Waals surface area contributed by atoms with Crippen molar-refractivity contribution >= 4 is 34.2 Å². The van der Waals surface area contributed by atoms with E-state index in [1.54, 1.807) is 32.8 Å². The third kappa shape index (κ3) is 6.06. The number of aryl methyl sites for hydroxylation is 2. The number of nitrogens with zero attached hydrogens (tertiary/aromatic N) is 6. The van der Waals surface area contributed by atoms with Crippen LogP contribution in [0.4, 0.5) is 4.39 Å². The minimum Gasteiger partial charge on any atom is -0.388 e. The average molecular weight is 669 g/mol. The van der Waals surface area contributed by atoms with Crippen LogP contribution in [0.25, 0.3) is 21.5 Å². The Hall–Kier alpha value is -4.68. The fourth-order valence-corrected chi connectivity index (χ4v) is 8.02. The van der Waals surface area contributed by atoms with Gasteiger partial charge in [0.2, 0.25) is 5.91 Å². The molecular formula is C36H37FN6O4S. The molecule has 2 aliphatic heterocycles. The number of aliphatic hydroxyl groups is 1. The molecule has 2 saturated heterocycles. The first-order valence-electron chi connectivity index (χ1n) is 16.2. The highest BCUT2D eigenvalue weighted by atomic mass is 32.1. The highest BCUT2D eigenvalue weighted by Gasteiger charge is 2.42. The van der Waals surface area contributed by atoms with E-state index in [2.05, 4.69) is 9.97 Å². The predicted molar refractivity (Wildman–Crippen MR) is 181 cm³/mol. The van der Waals surface area contributed by atoms with E-state index < -0.39 is 11.4 Å². The van der Waals surface area contributed by atoms with E-state index >= 15 is 4.39 Å². The molecule has 6 heterocycles. The van der Waals surface area contributed by atoms with E-state index in [0.29, 0.717) is 54.8 Å². The number of carbonyl (C=O) groups excluding carboxylic acids is 2. The van der Waals surface area contributed by atoms with Crippen LogP contribution in [0.15, 0.2) is 78.1 Å². The number of hydrogen-bond donors (Lipinski definition) is 1. The number of piperidine rings is 2. The van der Waals surface area contributed by atoms with Crippen LogP contribution in [-0.2, 0) is 18.4 Å². The first-order valence-corrected chi connectivity index (χ1v) is 17.0. The predicted octanol–water partition coefficient (Wildman–Crippen LogP) is 4.61. The summed E-state index contributed by atoms with van der Waals surface area (Å²) in [5.41, 5.74) is 1.79. The molecule has 248 valence electrons. The highest BCUT2D eigenvalue weighted by Crippen LogP contribution is 2.38. The second-order valence-electron chi connectivity index (χ2n) is 13.0. The molecule has 0 spiro atoms. The Balaban J connectivity index is 1.05. The fourth-order valence-electron chi connectivity index (χ4n) is 7.03. The zero-order valence-electron chi connectivity index (χ0n) is 26.9. The van der Waals surface area contributed by atoms with E-state index in [1.807, 2.05) is 56.4 Å². The molecule has 1 aromatic carbocycles. The number of thiophene rings is 1. The first-order chi connectivity index (χ1) is 23.1. The van der Waals surface area contributed by atoms with Gasteiger partial charge in [0.25, 0.3) is 11.5 Å². The Morgan fingerprint density at radius 1 is 1.04 bits per heavy atom. The van der Waals surface area contributed by atoms with Crippen molar-refractivity contribution in [2.45, 2.75) is 44.2 Å². The summed E-state index contributed by atoms with van der Waals surface area (Å²) in [6.07, 6.45) is 6.02. The van der Waals surface area contributed by atoms with Crippen molar-refractivity contribution in [2.24, 2.45) is 13.0 Å². The topological polar surface area (TPSA) is 114 Å². The lowest BCUT2D eigenvalue weighted by molar-refractivity contribution is -0.142. The summed E-state index contributed by atoms with van der Waals surface area (Å²) in [5, 5.41) is 12.0. The summed E-state index contributed by atoms with van der Waals surface area (Å²) in [4.78, 5) is 53.7. The number of likely N-dealkylation sites (tertiary alicyclic amines) is 2. The van der Waals surface area contributed by atoms with Crippen molar-refractivity contribution in [3.05, 3.63) is 106 Å². The molecule has 12 heteroatoms. The number of pyridine rings is 1. The Morgan fingerprint density at radius 3 is 2.54 bits per heavy atom. The maximum absolute atomic E-state index is 15.2.